The molecular weight excluding hydrogens is 158 g/mol. The molecule has 0 aliphatic carbocycles. The molecule has 0 saturated heterocycles. The third-order valence-electron chi connectivity index (χ3n) is 1.75. The van der Waals surface area contributed by atoms with Crippen LogP contribution in [0.15, 0.2) is 0 Å². The molecule has 0 aliphatic rings. The summed E-state index contributed by atoms with van der Waals surface area (Å²) in [4.78, 5) is 22.5. The van der Waals surface area contributed by atoms with Gasteiger partial charge in [0.25, 0.3) is 0 Å². The standard InChI is InChI=1S/C8H15NO3/c1-4-7(8(11)12)9(5-10)6(2)3/h5-7H,4H2,1-3H3,(H,11,12). The molecule has 0 fully saturated rings. The van der Waals surface area contributed by atoms with Crippen LogP contribution in [-0.2, 0) is 9.59 Å². The van der Waals surface area contributed by atoms with E-state index >= 15 is 0 Å². The fraction of sp³-hybridized carbons (Fsp3) is 0.750. The average molecular weight is 173 g/mol. The molecule has 0 spiro atoms. The number of carbonyl (C=O) groups is 2. The van der Waals surface area contributed by atoms with Crippen LogP contribution in [0.2, 0.25) is 0 Å². The van der Waals surface area contributed by atoms with Crippen molar-refractivity contribution >= 4 is 12.4 Å². The zero-order chi connectivity index (χ0) is 9.72. The van der Waals surface area contributed by atoms with Crippen molar-refractivity contribution < 1.29 is 14.7 Å². The summed E-state index contributed by atoms with van der Waals surface area (Å²) in [5.41, 5.74) is 0. The molecule has 0 aromatic carbocycles. The van der Waals surface area contributed by atoms with Gasteiger partial charge in [-0.15, -0.1) is 0 Å². The van der Waals surface area contributed by atoms with Crippen LogP contribution in [0.3, 0.4) is 0 Å². The van der Waals surface area contributed by atoms with Gasteiger partial charge >= 0.3 is 5.97 Å². The minimum Gasteiger partial charge on any atom is -0.480 e. The molecule has 1 unspecified atom stereocenters. The maximum absolute atomic E-state index is 10.6. The quantitative estimate of drug-likeness (QED) is 0.623. The molecule has 0 aromatic rings. The van der Waals surface area contributed by atoms with Crippen LogP contribution in [0.4, 0.5) is 0 Å². The molecule has 0 heterocycles. The van der Waals surface area contributed by atoms with E-state index in [1.54, 1.807) is 20.8 Å². The van der Waals surface area contributed by atoms with Gasteiger partial charge in [0.1, 0.15) is 6.04 Å². The highest BCUT2D eigenvalue weighted by Crippen LogP contribution is 2.06. The second kappa shape index (κ2) is 4.74. The first-order chi connectivity index (χ1) is 5.54. The van der Waals surface area contributed by atoms with Crippen molar-refractivity contribution in [2.75, 3.05) is 0 Å². The van der Waals surface area contributed by atoms with Gasteiger partial charge in [0.15, 0.2) is 0 Å². The summed E-state index contributed by atoms with van der Waals surface area (Å²) in [7, 11) is 0. The minimum atomic E-state index is -0.946. The Labute approximate surface area is 72.2 Å². The highest BCUT2D eigenvalue weighted by molar-refractivity contribution is 5.76. The topological polar surface area (TPSA) is 57.6 Å². The predicted octanol–water partition coefficient (Wildman–Crippen LogP) is 0.716. The summed E-state index contributed by atoms with van der Waals surface area (Å²) in [6.07, 6.45) is 1.03. The molecular formula is C8H15NO3. The molecule has 1 N–H and O–H groups in total. The van der Waals surface area contributed by atoms with Crippen molar-refractivity contribution in [3.05, 3.63) is 0 Å². The van der Waals surface area contributed by atoms with Gasteiger partial charge in [0.2, 0.25) is 6.41 Å². The summed E-state index contributed by atoms with van der Waals surface area (Å²) in [6.45, 7) is 5.33. The van der Waals surface area contributed by atoms with Gasteiger partial charge in [-0.1, -0.05) is 6.92 Å². The summed E-state index contributed by atoms with van der Waals surface area (Å²) in [5.74, 6) is -0.946. The molecule has 0 aromatic heterocycles. The minimum absolute atomic E-state index is 0.0662. The summed E-state index contributed by atoms with van der Waals surface area (Å²) in [6, 6.07) is -0.758. The number of carbonyl (C=O) groups excluding carboxylic acids is 1. The molecule has 0 bridgehead atoms. The summed E-state index contributed by atoms with van der Waals surface area (Å²) < 4.78 is 0. The van der Waals surface area contributed by atoms with Crippen LogP contribution >= 0.6 is 0 Å². The van der Waals surface area contributed by atoms with Crippen LogP contribution in [-0.4, -0.2) is 34.5 Å². The van der Waals surface area contributed by atoms with Crippen molar-refractivity contribution in [2.45, 2.75) is 39.3 Å². The van der Waals surface area contributed by atoms with E-state index < -0.39 is 12.0 Å². The SMILES string of the molecule is CCC(C(=O)O)N(C=O)C(C)C. The molecule has 0 radical (unpaired) electrons. The normalized spacial score (nSPS) is 12.7. The van der Waals surface area contributed by atoms with Crippen LogP contribution in [0.1, 0.15) is 27.2 Å². The van der Waals surface area contributed by atoms with Crippen molar-refractivity contribution in [1.82, 2.24) is 4.90 Å². The van der Waals surface area contributed by atoms with Gasteiger partial charge in [-0.05, 0) is 20.3 Å². The summed E-state index contributed by atoms with van der Waals surface area (Å²) >= 11 is 0. The van der Waals surface area contributed by atoms with E-state index in [2.05, 4.69) is 0 Å². The van der Waals surface area contributed by atoms with Gasteiger partial charge in [-0.25, -0.2) is 4.79 Å². The number of carboxylic acid groups (broad SMARTS) is 1. The van der Waals surface area contributed by atoms with Gasteiger partial charge < -0.3 is 10.0 Å². The molecule has 0 rings (SSSR count). The Kier molecular flexibility index (Phi) is 4.33. The number of amides is 1. The number of carboxylic acids is 1. The Bertz CT molecular complexity index is 168. The number of rotatable bonds is 5. The zero-order valence-electron chi connectivity index (χ0n) is 7.65. The molecule has 4 nitrogen and oxygen atoms in total. The highest BCUT2D eigenvalue weighted by Gasteiger charge is 2.23. The van der Waals surface area contributed by atoms with Gasteiger partial charge in [-0.3, -0.25) is 4.79 Å². The number of hydrogen-bond donors (Lipinski definition) is 1. The predicted molar refractivity (Wildman–Crippen MR) is 44.8 cm³/mol. The summed E-state index contributed by atoms with van der Waals surface area (Å²) in [5, 5.41) is 8.72. The zero-order valence-corrected chi connectivity index (χ0v) is 7.65. The Morgan fingerprint density at radius 3 is 2.17 bits per heavy atom. The monoisotopic (exact) mass is 173 g/mol. The largest absolute Gasteiger partial charge is 0.480 e. The number of aliphatic carboxylic acids is 1. The van der Waals surface area contributed by atoms with E-state index in [-0.39, 0.29) is 6.04 Å². The van der Waals surface area contributed by atoms with Crippen LogP contribution in [0.25, 0.3) is 0 Å². The van der Waals surface area contributed by atoms with Crippen molar-refractivity contribution in [2.24, 2.45) is 0 Å². The smallest absolute Gasteiger partial charge is 0.326 e. The average Bonchev–Trinajstić information content (AvgIpc) is 1.98. The van der Waals surface area contributed by atoms with Crippen LogP contribution in [0, 0.1) is 0 Å². The second-order valence-corrected chi connectivity index (χ2v) is 2.91. The first-order valence-corrected chi connectivity index (χ1v) is 4.00. The van der Waals surface area contributed by atoms with E-state index in [4.69, 9.17) is 5.11 Å². The first kappa shape index (κ1) is 10.9. The fourth-order valence-corrected chi connectivity index (χ4v) is 1.07. The van der Waals surface area contributed by atoms with Gasteiger partial charge in [-0.2, -0.15) is 0 Å². The Balaban J connectivity index is 4.43. The van der Waals surface area contributed by atoms with E-state index in [9.17, 15) is 9.59 Å². The van der Waals surface area contributed by atoms with E-state index in [0.717, 1.165) is 0 Å². The number of nitrogens with zero attached hydrogens (tertiary/aromatic N) is 1. The molecule has 4 heteroatoms. The maximum Gasteiger partial charge on any atom is 0.326 e. The maximum atomic E-state index is 10.6. The Hall–Kier alpha value is -1.06. The van der Waals surface area contributed by atoms with Gasteiger partial charge in [0, 0.05) is 6.04 Å². The molecule has 70 valence electrons. The highest BCUT2D eigenvalue weighted by atomic mass is 16.4. The van der Waals surface area contributed by atoms with Crippen molar-refractivity contribution in [1.29, 1.82) is 0 Å². The van der Waals surface area contributed by atoms with Crippen molar-refractivity contribution in [3.8, 4) is 0 Å². The third kappa shape index (κ3) is 2.53. The van der Waals surface area contributed by atoms with Crippen LogP contribution < -0.4 is 0 Å². The van der Waals surface area contributed by atoms with Crippen LogP contribution in [0.5, 0.6) is 0 Å². The van der Waals surface area contributed by atoms with Gasteiger partial charge in [0.05, 0.1) is 0 Å². The molecule has 0 saturated carbocycles. The lowest BCUT2D eigenvalue weighted by Crippen LogP contribution is -2.43. The molecule has 12 heavy (non-hydrogen) atoms. The lowest BCUT2D eigenvalue weighted by molar-refractivity contribution is -0.147. The van der Waals surface area contributed by atoms with E-state index in [1.165, 1.54) is 4.90 Å². The fourth-order valence-electron chi connectivity index (χ4n) is 1.07. The van der Waals surface area contributed by atoms with Crippen molar-refractivity contribution in [3.63, 3.8) is 0 Å². The Morgan fingerprint density at radius 1 is 1.58 bits per heavy atom. The molecule has 1 atom stereocenters. The number of hydrogen-bond acceptors (Lipinski definition) is 2. The Morgan fingerprint density at radius 2 is 2.08 bits per heavy atom. The lowest BCUT2D eigenvalue weighted by atomic mass is 10.1. The third-order valence-corrected chi connectivity index (χ3v) is 1.75. The van der Waals surface area contributed by atoms with E-state index in [1.807, 2.05) is 0 Å². The molecule has 0 aliphatic heterocycles. The first-order valence-electron chi connectivity index (χ1n) is 4.00. The van der Waals surface area contributed by atoms with E-state index in [0.29, 0.717) is 12.8 Å². The second-order valence-electron chi connectivity index (χ2n) is 2.91. The molecule has 1 amide bonds. The lowest BCUT2D eigenvalue weighted by Gasteiger charge is -2.27.